The molecule has 21 heavy (non-hydrogen) atoms. The first-order chi connectivity index (χ1) is 9.93. The maximum Gasteiger partial charge on any atom is 0.137 e. The normalized spacial score (nSPS) is 10.5. The average molecular weight is 300 g/mol. The molecule has 110 valence electrons. The lowest BCUT2D eigenvalue weighted by molar-refractivity contribution is 0.358. The van der Waals surface area contributed by atoms with Crippen LogP contribution in [-0.2, 0) is 0 Å². The fourth-order valence-corrected chi connectivity index (χ4v) is 1.81. The molecule has 0 radical (unpaired) electrons. The number of ether oxygens (including phenoxy) is 1. The van der Waals surface area contributed by atoms with Crippen LogP contribution >= 0.6 is 0 Å². The molecule has 0 spiro atoms. The van der Waals surface area contributed by atoms with E-state index in [4.69, 9.17) is 4.74 Å². The van der Waals surface area contributed by atoms with Crippen molar-refractivity contribution in [2.75, 3.05) is 6.61 Å². The number of halogens is 5. The van der Waals surface area contributed by atoms with Crippen LogP contribution in [0.1, 0.15) is 0 Å². The number of benzene rings is 2. The quantitative estimate of drug-likeness (QED) is 0.591. The topological polar surface area (TPSA) is 9.23 Å². The Hall–Kier alpha value is -2.37. The average Bonchev–Trinajstić information content (AvgIpc) is 2.38. The van der Waals surface area contributed by atoms with Crippen molar-refractivity contribution < 1.29 is 26.7 Å². The van der Waals surface area contributed by atoms with Crippen LogP contribution in [-0.4, -0.2) is 6.61 Å². The van der Waals surface area contributed by atoms with Crippen LogP contribution in [0, 0.1) is 29.1 Å². The Balaban J connectivity index is 2.57. The highest BCUT2D eigenvalue weighted by Crippen LogP contribution is 2.33. The fourth-order valence-electron chi connectivity index (χ4n) is 1.81. The molecule has 0 unspecified atom stereocenters. The van der Waals surface area contributed by atoms with Crippen molar-refractivity contribution in [1.82, 2.24) is 0 Å². The maximum atomic E-state index is 13.9. The highest BCUT2D eigenvalue weighted by molar-refractivity contribution is 5.67. The summed E-state index contributed by atoms with van der Waals surface area (Å²) in [7, 11) is 0. The zero-order valence-corrected chi connectivity index (χ0v) is 10.6. The lowest BCUT2D eigenvalue weighted by Gasteiger charge is -2.10. The SMILES string of the molecule is C=CCOc1cc(F)c(-c2c(F)cc(F)cc2F)c(F)c1. The molecule has 0 aromatic heterocycles. The Bertz CT molecular complexity index is 650. The van der Waals surface area contributed by atoms with Crippen LogP contribution in [0.4, 0.5) is 22.0 Å². The predicted octanol–water partition coefficient (Wildman–Crippen LogP) is 4.61. The Morgan fingerprint density at radius 2 is 1.24 bits per heavy atom. The van der Waals surface area contributed by atoms with E-state index in [1.54, 1.807) is 0 Å². The van der Waals surface area contributed by atoms with E-state index < -0.39 is 40.2 Å². The van der Waals surface area contributed by atoms with E-state index in [9.17, 15) is 22.0 Å². The molecule has 0 amide bonds. The van der Waals surface area contributed by atoms with Crippen molar-refractivity contribution >= 4 is 0 Å². The molecule has 2 aromatic rings. The predicted molar refractivity (Wildman–Crippen MR) is 67.4 cm³/mol. The summed E-state index contributed by atoms with van der Waals surface area (Å²) in [6.45, 7) is 3.38. The Morgan fingerprint density at radius 3 is 1.67 bits per heavy atom. The largest absolute Gasteiger partial charge is 0.489 e. The summed E-state index contributed by atoms with van der Waals surface area (Å²) in [6.07, 6.45) is 1.36. The van der Waals surface area contributed by atoms with E-state index in [1.165, 1.54) is 6.08 Å². The van der Waals surface area contributed by atoms with Gasteiger partial charge in [0.2, 0.25) is 0 Å². The summed E-state index contributed by atoms with van der Waals surface area (Å²) in [5.41, 5.74) is -1.89. The molecule has 0 fully saturated rings. The molecule has 2 aromatic carbocycles. The van der Waals surface area contributed by atoms with Crippen LogP contribution < -0.4 is 4.74 Å². The van der Waals surface area contributed by atoms with Crippen molar-refractivity contribution in [2.45, 2.75) is 0 Å². The molecule has 0 bridgehead atoms. The second kappa shape index (κ2) is 5.95. The van der Waals surface area contributed by atoms with Crippen LogP contribution in [0.2, 0.25) is 0 Å². The summed E-state index contributed by atoms with van der Waals surface area (Å²) in [4.78, 5) is 0. The molecule has 0 saturated heterocycles. The lowest BCUT2D eigenvalue weighted by atomic mass is 10.0. The van der Waals surface area contributed by atoms with Gasteiger partial charge in [-0.2, -0.15) is 0 Å². The number of rotatable bonds is 4. The highest BCUT2D eigenvalue weighted by Gasteiger charge is 2.22. The first-order valence-electron chi connectivity index (χ1n) is 5.81. The Labute approximate surface area is 117 Å². The van der Waals surface area contributed by atoms with E-state index in [2.05, 4.69) is 6.58 Å². The van der Waals surface area contributed by atoms with Crippen LogP contribution in [0.3, 0.4) is 0 Å². The van der Waals surface area contributed by atoms with Gasteiger partial charge in [-0.15, -0.1) is 0 Å². The van der Waals surface area contributed by atoms with Crippen molar-refractivity contribution in [2.24, 2.45) is 0 Å². The van der Waals surface area contributed by atoms with E-state index in [1.807, 2.05) is 0 Å². The van der Waals surface area contributed by atoms with Gasteiger partial charge >= 0.3 is 0 Å². The number of hydrogen-bond donors (Lipinski definition) is 0. The van der Waals surface area contributed by atoms with Gasteiger partial charge in [-0.25, -0.2) is 22.0 Å². The third-order valence-electron chi connectivity index (χ3n) is 2.64. The molecule has 0 aliphatic rings. The lowest BCUT2D eigenvalue weighted by Crippen LogP contribution is -2.00. The molecule has 0 heterocycles. The smallest absolute Gasteiger partial charge is 0.137 e. The molecule has 2 rings (SSSR count). The molecule has 0 saturated carbocycles. The van der Waals surface area contributed by atoms with Gasteiger partial charge in [0, 0.05) is 24.3 Å². The number of hydrogen-bond acceptors (Lipinski definition) is 1. The zero-order valence-electron chi connectivity index (χ0n) is 10.6. The minimum atomic E-state index is -1.40. The van der Waals surface area contributed by atoms with Crippen LogP contribution in [0.15, 0.2) is 36.9 Å². The van der Waals surface area contributed by atoms with Crippen molar-refractivity contribution in [1.29, 1.82) is 0 Å². The summed E-state index contributed by atoms with van der Waals surface area (Å²) in [6, 6.07) is 2.26. The monoisotopic (exact) mass is 300 g/mol. The van der Waals surface area contributed by atoms with Gasteiger partial charge in [0.1, 0.15) is 41.4 Å². The summed E-state index contributed by atoms with van der Waals surface area (Å²) in [5.74, 6) is -6.58. The van der Waals surface area contributed by atoms with Crippen LogP contribution in [0.25, 0.3) is 11.1 Å². The standard InChI is InChI=1S/C15H9F5O/c1-2-3-21-9-6-12(19)15(13(20)7-9)14-10(17)4-8(16)5-11(14)18/h2,4-7H,1,3H2. The molecule has 1 nitrogen and oxygen atoms in total. The minimum absolute atomic E-state index is 0.0114. The van der Waals surface area contributed by atoms with Gasteiger partial charge in [-0.3, -0.25) is 0 Å². The molecule has 0 aliphatic carbocycles. The molecule has 0 N–H and O–H groups in total. The Morgan fingerprint density at radius 1 is 0.810 bits per heavy atom. The molecular weight excluding hydrogens is 291 g/mol. The molecule has 0 atom stereocenters. The second-order valence-electron chi connectivity index (χ2n) is 4.11. The van der Waals surface area contributed by atoms with Crippen LogP contribution in [0.5, 0.6) is 5.75 Å². The minimum Gasteiger partial charge on any atom is -0.489 e. The van der Waals surface area contributed by atoms with E-state index in [0.29, 0.717) is 12.1 Å². The van der Waals surface area contributed by atoms with Gasteiger partial charge in [-0.1, -0.05) is 12.7 Å². The van der Waals surface area contributed by atoms with E-state index in [0.717, 1.165) is 12.1 Å². The fraction of sp³-hybridized carbons (Fsp3) is 0.0667. The van der Waals surface area contributed by atoms with Crippen molar-refractivity contribution in [3.8, 4) is 16.9 Å². The van der Waals surface area contributed by atoms with Crippen molar-refractivity contribution in [3.63, 3.8) is 0 Å². The molecular formula is C15H9F5O. The first kappa shape index (κ1) is 15.0. The van der Waals surface area contributed by atoms with Gasteiger partial charge in [0.25, 0.3) is 0 Å². The Kier molecular flexibility index (Phi) is 4.26. The first-order valence-corrected chi connectivity index (χ1v) is 5.81. The zero-order chi connectivity index (χ0) is 15.6. The third kappa shape index (κ3) is 3.04. The van der Waals surface area contributed by atoms with Gasteiger partial charge in [0.15, 0.2) is 0 Å². The van der Waals surface area contributed by atoms with Crippen molar-refractivity contribution in [3.05, 3.63) is 66.0 Å². The van der Waals surface area contributed by atoms with Gasteiger partial charge in [0.05, 0.1) is 11.1 Å². The summed E-state index contributed by atoms with van der Waals surface area (Å²) >= 11 is 0. The second-order valence-corrected chi connectivity index (χ2v) is 4.11. The van der Waals surface area contributed by atoms with E-state index in [-0.39, 0.29) is 12.4 Å². The highest BCUT2D eigenvalue weighted by atomic mass is 19.2. The molecule has 6 heteroatoms. The molecule has 0 aliphatic heterocycles. The van der Waals surface area contributed by atoms with Gasteiger partial charge in [-0.05, 0) is 0 Å². The maximum absolute atomic E-state index is 13.9. The third-order valence-corrected chi connectivity index (χ3v) is 2.64. The van der Waals surface area contributed by atoms with E-state index >= 15 is 0 Å². The summed E-state index contributed by atoms with van der Waals surface area (Å²) in [5, 5.41) is 0. The van der Waals surface area contributed by atoms with Gasteiger partial charge < -0.3 is 4.74 Å². The summed E-state index contributed by atoms with van der Waals surface area (Å²) < 4.78 is 72.8.